The minimum Gasteiger partial charge on any atom is -0.497 e. The van der Waals surface area contributed by atoms with Crippen LogP contribution in [0.5, 0.6) is 5.75 Å². The summed E-state index contributed by atoms with van der Waals surface area (Å²) in [6, 6.07) is 14.1. The van der Waals surface area contributed by atoms with Crippen molar-refractivity contribution in [2.45, 2.75) is 32.7 Å². The van der Waals surface area contributed by atoms with Crippen molar-refractivity contribution in [3.05, 3.63) is 48.7 Å². The number of benzene rings is 1. The third-order valence-electron chi connectivity index (χ3n) is 4.23. The van der Waals surface area contributed by atoms with Crippen LogP contribution in [0.15, 0.2) is 48.7 Å². The van der Waals surface area contributed by atoms with E-state index in [9.17, 15) is 0 Å². The molecule has 1 aromatic carbocycles. The van der Waals surface area contributed by atoms with E-state index in [2.05, 4.69) is 30.5 Å². The van der Waals surface area contributed by atoms with E-state index in [0.29, 0.717) is 0 Å². The molecule has 0 unspecified atom stereocenters. The third-order valence-corrected chi connectivity index (χ3v) is 4.23. The van der Waals surface area contributed by atoms with Crippen LogP contribution >= 0.6 is 0 Å². The van der Waals surface area contributed by atoms with Gasteiger partial charge < -0.3 is 10.1 Å². The molecule has 4 heteroatoms. The van der Waals surface area contributed by atoms with Crippen molar-refractivity contribution in [1.82, 2.24) is 9.38 Å². The molecule has 0 aliphatic carbocycles. The zero-order valence-corrected chi connectivity index (χ0v) is 14.1. The first-order valence-electron chi connectivity index (χ1n) is 7.94. The van der Waals surface area contributed by atoms with Crippen molar-refractivity contribution in [3.63, 3.8) is 0 Å². The molecule has 0 saturated carbocycles. The lowest BCUT2D eigenvalue weighted by atomic mass is 10.0. The Morgan fingerprint density at radius 1 is 1.13 bits per heavy atom. The molecule has 3 rings (SSSR count). The van der Waals surface area contributed by atoms with Crippen LogP contribution in [0.4, 0.5) is 5.82 Å². The van der Waals surface area contributed by atoms with Gasteiger partial charge in [-0.15, -0.1) is 0 Å². The number of ether oxygens (including phenoxy) is 1. The molecule has 0 saturated heterocycles. The molecule has 0 atom stereocenters. The zero-order valence-electron chi connectivity index (χ0n) is 14.1. The smallest absolute Gasteiger partial charge is 0.139 e. The zero-order chi connectivity index (χ0) is 16.4. The van der Waals surface area contributed by atoms with Gasteiger partial charge in [0, 0.05) is 17.3 Å². The summed E-state index contributed by atoms with van der Waals surface area (Å²) >= 11 is 0. The topological polar surface area (TPSA) is 38.6 Å². The molecule has 0 aliphatic rings. The fourth-order valence-corrected chi connectivity index (χ4v) is 2.47. The van der Waals surface area contributed by atoms with Crippen LogP contribution in [0.2, 0.25) is 0 Å². The Kier molecular flexibility index (Phi) is 3.99. The van der Waals surface area contributed by atoms with Crippen LogP contribution in [0.25, 0.3) is 16.9 Å². The highest BCUT2D eigenvalue weighted by Crippen LogP contribution is 2.32. The molecule has 1 N–H and O–H groups in total. The molecule has 0 aliphatic heterocycles. The fraction of sp³-hybridized carbons (Fsp3) is 0.316. The Bertz CT molecular complexity index is 803. The number of hydrogen-bond donors (Lipinski definition) is 1. The second kappa shape index (κ2) is 5.95. The highest BCUT2D eigenvalue weighted by Gasteiger charge is 2.21. The lowest BCUT2D eigenvalue weighted by Gasteiger charge is -2.26. The van der Waals surface area contributed by atoms with Gasteiger partial charge in [-0.3, -0.25) is 4.40 Å². The second-order valence-electron chi connectivity index (χ2n) is 6.33. The maximum absolute atomic E-state index is 5.25. The number of nitrogens with zero attached hydrogens (tertiary/aromatic N) is 2. The first-order chi connectivity index (χ1) is 11.0. The molecule has 0 radical (unpaired) electrons. The maximum Gasteiger partial charge on any atom is 0.139 e. The van der Waals surface area contributed by atoms with Gasteiger partial charge in [0.25, 0.3) is 0 Å². The first-order valence-corrected chi connectivity index (χ1v) is 7.94. The second-order valence-corrected chi connectivity index (χ2v) is 6.33. The predicted octanol–water partition coefficient (Wildman–Crippen LogP) is 4.61. The van der Waals surface area contributed by atoms with Gasteiger partial charge in [-0.1, -0.05) is 13.0 Å². The fourth-order valence-electron chi connectivity index (χ4n) is 2.47. The molecule has 0 spiro atoms. The van der Waals surface area contributed by atoms with Gasteiger partial charge in [-0.25, -0.2) is 4.98 Å². The highest BCUT2D eigenvalue weighted by atomic mass is 16.5. The van der Waals surface area contributed by atoms with E-state index >= 15 is 0 Å². The van der Waals surface area contributed by atoms with Crippen molar-refractivity contribution in [2.75, 3.05) is 12.4 Å². The van der Waals surface area contributed by atoms with Gasteiger partial charge in [0.1, 0.15) is 22.9 Å². The summed E-state index contributed by atoms with van der Waals surface area (Å²) in [4.78, 5) is 4.82. The Hall–Kier alpha value is -2.49. The summed E-state index contributed by atoms with van der Waals surface area (Å²) in [5, 5.41) is 3.66. The largest absolute Gasteiger partial charge is 0.497 e. The number of nitrogens with one attached hydrogen (secondary N) is 1. The van der Waals surface area contributed by atoms with Crippen LogP contribution in [0.1, 0.15) is 27.2 Å². The van der Waals surface area contributed by atoms with E-state index in [1.165, 1.54) is 0 Å². The summed E-state index contributed by atoms with van der Waals surface area (Å²) in [7, 11) is 1.68. The van der Waals surface area contributed by atoms with Crippen molar-refractivity contribution >= 4 is 11.5 Å². The molecular weight excluding hydrogens is 286 g/mol. The maximum atomic E-state index is 5.25. The predicted molar refractivity (Wildman–Crippen MR) is 95.2 cm³/mol. The van der Waals surface area contributed by atoms with Gasteiger partial charge in [0.2, 0.25) is 0 Å². The van der Waals surface area contributed by atoms with E-state index in [1.807, 2.05) is 48.7 Å². The molecule has 4 nitrogen and oxygen atoms in total. The number of hydrogen-bond acceptors (Lipinski definition) is 3. The first kappa shape index (κ1) is 15.4. The molecule has 120 valence electrons. The molecular formula is C19H23N3O. The quantitative estimate of drug-likeness (QED) is 0.748. The summed E-state index contributed by atoms with van der Waals surface area (Å²) in [6.07, 6.45) is 3.07. The Morgan fingerprint density at radius 2 is 1.87 bits per heavy atom. The lowest BCUT2D eigenvalue weighted by Crippen LogP contribution is -2.30. The minimum atomic E-state index is -0.00692. The lowest BCUT2D eigenvalue weighted by molar-refractivity contribution is 0.415. The SMILES string of the molecule is CCC(C)(C)Nc1c(-c2ccc(OC)cc2)nc2ccccn12. The minimum absolute atomic E-state index is 0.00692. The molecule has 3 aromatic rings. The summed E-state index contributed by atoms with van der Waals surface area (Å²) in [5.41, 5.74) is 2.96. The standard InChI is InChI=1S/C19H23N3O/c1-5-19(2,3)21-18-17(14-9-11-15(23-4)12-10-14)20-16-8-6-7-13-22(16)18/h6-13,21H,5H2,1-4H3. The van der Waals surface area contributed by atoms with Crippen molar-refractivity contribution in [3.8, 4) is 17.0 Å². The number of aromatic nitrogens is 2. The molecule has 0 bridgehead atoms. The van der Waals surface area contributed by atoms with Crippen molar-refractivity contribution in [1.29, 1.82) is 0 Å². The molecule has 0 amide bonds. The van der Waals surface area contributed by atoms with Crippen LogP contribution in [-0.2, 0) is 0 Å². The summed E-state index contributed by atoms with van der Waals surface area (Å²) in [5.74, 6) is 1.87. The Labute approximate surface area is 137 Å². The molecule has 23 heavy (non-hydrogen) atoms. The Morgan fingerprint density at radius 3 is 2.52 bits per heavy atom. The van der Waals surface area contributed by atoms with Gasteiger partial charge in [-0.05, 0) is 56.7 Å². The van der Waals surface area contributed by atoms with Crippen molar-refractivity contribution in [2.24, 2.45) is 0 Å². The Balaban J connectivity index is 2.14. The van der Waals surface area contributed by atoms with E-state index in [1.54, 1.807) is 7.11 Å². The molecule has 0 fully saturated rings. The number of imidazole rings is 1. The molecule has 2 aromatic heterocycles. The van der Waals surface area contributed by atoms with E-state index in [0.717, 1.165) is 34.9 Å². The van der Waals surface area contributed by atoms with Crippen LogP contribution in [-0.4, -0.2) is 22.0 Å². The molecule has 2 heterocycles. The van der Waals surface area contributed by atoms with E-state index < -0.39 is 0 Å². The monoisotopic (exact) mass is 309 g/mol. The van der Waals surface area contributed by atoms with E-state index in [4.69, 9.17) is 9.72 Å². The summed E-state index contributed by atoms with van der Waals surface area (Å²) in [6.45, 7) is 6.59. The average Bonchev–Trinajstić information content (AvgIpc) is 2.93. The highest BCUT2D eigenvalue weighted by molar-refractivity contribution is 5.77. The van der Waals surface area contributed by atoms with Gasteiger partial charge in [-0.2, -0.15) is 0 Å². The van der Waals surface area contributed by atoms with Gasteiger partial charge >= 0.3 is 0 Å². The average molecular weight is 309 g/mol. The normalized spacial score (nSPS) is 11.7. The van der Waals surface area contributed by atoms with Gasteiger partial charge in [0.15, 0.2) is 0 Å². The van der Waals surface area contributed by atoms with Crippen LogP contribution < -0.4 is 10.1 Å². The number of methoxy groups -OCH3 is 1. The summed E-state index contributed by atoms with van der Waals surface area (Å²) < 4.78 is 7.36. The number of pyridine rings is 1. The van der Waals surface area contributed by atoms with Crippen LogP contribution in [0, 0.1) is 0 Å². The third kappa shape index (κ3) is 3.02. The van der Waals surface area contributed by atoms with Crippen LogP contribution in [0.3, 0.4) is 0 Å². The van der Waals surface area contributed by atoms with Crippen molar-refractivity contribution < 1.29 is 4.74 Å². The van der Waals surface area contributed by atoms with E-state index in [-0.39, 0.29) is 5.54 Å². The van der Waals surface area contributed by atoms with Gasteiger partial charge in [0.05, 0.1) is 7.11 Å². The number of rotatable bonds is 5. The number of fused-ring (bicyclic) bond motifs is 1. The number of anilines is 1.